The third-order valence-corrected chi connectivity index (χ3v) is 3.70. The average Bonchev–Trinajstić information content (AvgIpc) is 2.93. The van der Waals surface area contributed by atoms with Gasteiger partial charge in [-0.15, -0.1) is 10.2 Å². The quantitative estimate of drug-likeness (QED) is 0.893. The van der Waals surface area contributed by atoms with Gasteiger partial charge < -0.3 is 0 Å². The molecule has 0 atom stereocenters. The molecular weight excluding hydrogens is 248 g/mol. The number of rotatable bonds is 2. The minimum Gasteiger partial charge on any atom is -0.289 e. The minimum absolute atomic E-state index is 0.851. The van der Waals surface area contributed by atoms with Crippen molar-refractivity contribution in [2.45, 2.75) is 32.5 Å². The molecule has 0 saturated carbocycles. The lowest BCUT2D eigenvalue weighted by Gasteiger charge is -2.17. The van der Waals surface area contributed by atoms with Crippen molar-refractivity contribution < 1.29 is 0 Å². The molecule has 0 spiro atoms. The Labute approximate surface area is 109 Å². The molecule has 1 aliphatic heterocycles. The normalized spacial score (nSPS) is 14.1. The van der Waals surface area contributed by atoms with Crippen molar-refractivity contribution >= 4 is 17.5 Å². The van der Waals surface area contributed by atoms with E-state index in [4.69, 9.17) is 0 Å². The zero-order valence-electron chi connectivity index (χ0n) is 10.5. The minimum atomic E-state index is 0.851. The smallest absolute Gasteiger partial charge is 0.214 e. The monoisotopic (exact) mass is 262 g/mol. The first kappa shape index (κ1) is 11.3. The van der Waals surface area contributed by atoms with E-state index in [1.165, 1.54) is 0 Å². The van der Waals surface area contributed by atoms with E-state index in [1.807, 2.05) is 28.6 Å². The lowest BCUT2D eigenvalue weighted by molar-refractivity contribution is 0.653. The molecule has 0 unspecified atom stereocenters. The van der Waals surface area contributed by atoms with Crippen molar-refractivity contribution in [3.63, 3.8) is 0 Å². The number of hydrogen-bond donors (Lipinski definition) is 1. The van der Waals surface area contributed by atoms with Crippen LogP contribution in [0, 0.1) is 13.8 Å². The van der Waals surface area contributed by atoms with Gasteiger partial charge in [0.15, 0.2) is 0 Å². The van der Waals surface area contributed by atoms with Crippen LogP contribution in [0.3, 0.4) is 0 Å². The van der Waals surface area contributed by atoms with E-state index in [-0.39, 0.29) is 0 Å². The lowest BCUT2D eigenvalue weighted by Crippen LogP contribution is -2.18. The summed E-state index contributed by atoms with van der Waals surface area (Å²) in [6.07, 6.45) is 2.05. The Bertz CT molecular complexity index is 624. The zero-order valence-corrected chi connectivity index (χ0v) is 11.3. The van der Waals surface area contributed by atoms with Crippen LogP contribution in [-0.4, -0.2) is 24.7 Å². The molecule has 0 aliphatic carbocycles. The summed E-state index contributed by atoms with van der Waals surface area (Å²) >= 11 is 1.57. The predicted octanol–water partition coefficient (Wildman–Crippen LogP) is 1.76. The zero-order chi connectivity index (χ0) is 12.7. The number of hydrogen-bond acceptors (Lipinski definition) is 5. The first-order chi connectivity index (χ1) is 8.69. The summed E-state index contributed by atoms with van der Waals surface area (Å²) < 4.78 is 3.83. The van der Waals surface area contributed by atoms with Crippen molar-refractivity contribution in [3.05, 3.63) is 28.7 Å². The molecule has 0 amide bonds. The Balaban J connectivity index is 1.96. The molecule has 18 heavy (non-hydrogen) atoms. The van der Waals surface area contributed by atoms with Crippen molar-refractivity contribution in [3.8, 4) is 0 Å². The summed E-state index contributed by atoms with van der Waals surface area (Å²) in [6, 6.07) is 0. The van der Waals surface area contributed by atoms with Gasteiger partial charge in [0.25, 0.3) is 0 Å². The standard InChI is InChI=1S/C11H14N6S/c1-4-16-5-9(7(2)14-16)10-6-18-11-13-12-8(3)17(11)15-10/h5-6,15H,4H2,1-3H3. The van der Waals surface area contributed by atoms with Gasteiger partial charge in [0, 0.05) is 23.7 Å². The molecular formula is C11H14N6S. The number of thioether (sulfide) groups is 1. The van der Waals surface area contributed by atoms with Gasteiger partial charge >= 0.3 is 0 Å². The Morgan fingerprint density at radius 3 is 2.89 bits per heavy atom. The molecule has 7 heteroatoms. The highest BCUT2D eigenvalue weighted by Crippen LogP contribution is 2.29. The molecule has 94 valence electrons. The van der Waals surface area contributed by atoms with Gasteiger partial charge in [0.2, 0.25) is 5.16 Å². The number of fused-ring (bicyclic) bond motifs is 1. The van der Waals surface area contributed by atoms with Gasteiger partial charge in [-0.05, 0) is 20.8 Å². The van der Waals surface area contributed by atoms with E-state index < -0.39 is 0 Å². The van der Waals surface area contributed by atoms with Crippen LogP contribution in [0.1, 0.15) is 24.0 Å². The highest BCUT2D eigenvalue weighted by Gasteiger charge is 2.18. The van der Waals surface area contributed by atoms with Crippen LogP contribution in [0.15, 0.2) is 16.8 Å². The first-order valence-electron chi connectivity index (χ1n) is 5.79. The molecule has 2 aromatic heterocycles. The van der Waals surface area contributed by atoms with Gasteiger partial charge in [0.1, 0.15) is 5.82 Å². The van der Waals surface area contributed by atoms with Gasteiger partial charge in [-0.2, -0.15) is 5.10 Å². The van der Waals surface area contributed by atoms with Gasteiger partial charge in [-0.25, -0.2) is 4.68 Å². The third-order valence-electron chi connectivity index (χ3n) is 2.87. The van der Waals surface area contributed by atoms with Gasteiger partial charge in [-0.1, -0.05) is 11.8 Å². The summed E-state index contributed by atoms with van der Waals surface area (Å²) in [5.41, 5.74) is 6.49. The molecule has 0 radical (unpaired) electrons. The second kappa shape index (κ2) is 4.16. The van der Waals surface area contributed by atoms with E-state index >= 15 is 0 Å². The Hall–Kier alpha value is -1.76. The molecule has 1 aliphatic rings. The fraction of sp³-hybridized carbons (Fsp3) is 0.364. The molecule has 3 heterocycles. The molecule has 1 N–H and O–H groups in total. The second-order valence-electron chi connectivity index (χ2n) is 4.11. The summed E-state index contributed by atoms with van der Waals surface area (Å²) in [4.78, 5) is 0. The van der Waals surface area contributed by atoms with Crippen LogP contribution < -0.4 is 5.43 Å². The summed E-state index contributed by atoms with van der Waals surface area (Å²) in [7, 11) is 0. The third kappa shape index (κ3) is 1.71. The molecule has 0 saturated heterocycles. The number of aromatic nitrogens is 5. The highest BCUT2D eigenvalue weighted by molar-refractivity contribution is 8.02. The van der Waals surface area contributed by atoms with E-state index in [0.29, 0.717) is 0 Å². The van der Waals surface area contributed by atoms with E-state index in [2.05, 4.69) is 33.8 Å². The van der Waals surface area contributed by atoms with Crippen molar-refractivity contribution in [2.75, 3.05) is 5.43 Å². The maximum Gasteiger partial charge on any atom is 0.214 e. The van der Waals surface area contributed by atoms with Crippen LogP contribution >= 0.6 is 11.8 Å². The second-order valence-corrected chi connectivity index (χ2v) is 4.95. The van der Waals surface area contributed by atoms with E-state index in [9.17, 15) is 0 Å². The molecule has 0 aromatic carbocycles. The van der Waals surface area contributed by atoms with Crippen LogP contribution in [0.25, 0.3) is 5.70 Å². The largest absolute Gasteiger partial charge is 0.289 e. The molecule has 0 bridgehead atoms. The number of nitrogens with zero attached hydrogens (tertiary/aromatic N) is 5. The number of nitrogens with one attached hydrogen (secondary N) is 1. The summed E-state index contributed by atoms with van der Waals surface area (Å²) in [5, 5.41) is 15.5. The van der Waals surface area contributed by atoms with E-state index in [1.54, 1.807) is 11.8 Å². The fourth-order valence-corrected chi connectivity index (χ4v) is 2.65. The maximum absolute atomic E-state index is 4.46. The highest BCUT2D eigenvalue weighted by atomic mass is 32.2. The van der Waals surface area contributed by atoms with Crippen molar-refractivity contribution in [2.24, 2.45) is 0 Å². The fourth-order valence-electron chi connectivity index (χ4n) is 1.87. The Morgan fingerprint density at radius 2 is 2.17 bits per heavy atom. The molecule has 3 rings (SSSR count). The Kier molecular flexibility index (Phi) is 2.62. The van der Waals surface area contributed by atoms with Gasteiger partial charge in [-0.3, -0.25) is 10.1 Å². The maximum atomic E-state index is 4.46. The summed E-state index contributed by atoms with van der Waals surface area (Å²) in [6.45, 7) is 6.90. The predicted molar refractivity (Wildman–Crippen MR) is 70.6 cm³/mol. The van der Waals surface area contributed by atoms with Crippen LogP contribution in [0.2, 0.25) is 0 Å². The molecule has 2 aromatic rings. The van der Waals surface area contributed by atoms with Crippen molar-refractivity contribution in [1.82, 2.24) is 24.7 Å². The SMILES string of the molecule is CCn1cc(C2=CSc3nnc(C)n3N2)c(C)n1. The number of aryl methyl sites for hydroxylation is 3. The molecule has 6 nitrogen and oxygen atoms in total. The first-order valence-corrected chi connectivity index (χ1v) is 6.67. The van der Waals surface area contributed by atoms with E-state index in [0.717, 1.165) is 34.5 Å². The summed E-state index contributed by atoms with van der Waals surface area (Å²) in [5.74, 6) is 0.851. The lowest BCUT2D eigenvalue weighted by atomic mass is 10.2. The van der Waals surface area contributed by atoms with Crippen LogP contribution in [0.5, 0.6) is 0 Å². The molecule has 0 fully saturated rings. The van der Waals surface area contributed by atoms with Gasteiger partial charge in [0.05, 0.1) is 11.4 Å². The van der Waals surface area contributed by atoms with Crippen LogP contribution in [0.4, 0.5) is 0 Å². The Morgan fingerprint density at radius 1 is 1.33 bits per heavy atom. The average molecular weight is 262 g/mol. The van der Waals surface area contributed by atoms with Crippen molar-refractivity contribution in [1.29, 1.82) is 0 Å². The topological polar surface area (TPSA) is 60.6 Å². The van der Waals surface area contributed by atoms with Crippen LogP contribution in [-0.2, 0) is 6.54 Å².